The maximum atomic E-state index is 8.79. The number of nitriles is 1. The second-order valence-electron chi connectivity index (χ2n) is 3.39. The van der Waals surface area contributed by atoms with Crippen LogP contribution in [0.3, 0.4) is 0 Å². The molecule has 80 valence electrons. The summed E-state index contributed by atoms with van der Waals surface area (Å²) in [5.74, 6) is 0. The summed E-state index contributed by atoms with van der Waals surface area (Å²) in [6.45, 7) is 2.77. The topological polar surface area (TPSA) is 61.8 Å². The number of rotatable bonds is 4. The lowest BCUT2D eigenvalue weighted by Crippen LogP contribution is -2.27. The highest BCUT2D eigenvalue weighted by Crippen LogP contribution is 2.19. The summed E-state index contributed by atoms with van der Waals surface area (Å²) in [5, 5.41) is 12.0. The van der Waals surface area contributed by atoms with Gasteiger partial charge in [0.05, 0.1) is 11.6 Å². The van der Waals surface area contributed by atoms with Gasteiger partial charge in [-0.05, 0) is 24.6 Å². The smallest absolute Gasteiger partial charge is 0.0992 e. The fourth-order valence-corrected chi connectivity index (χ4v) is 1.64. The highest BCUT2D eigenvalue weighted by molar-refractivity contribution is 9.10. The first kappa shape index (κ1) is 12.0. The van der Waals surface area contributed by atoms with Gasteiger partial charge in [0.2, 0.25) is 0 Å². The van der Waals surface area contributed by atoms with Crippen LogP contribution in [0, 0.1) is 11.3 Å². The Morgan fingerprint density at radius 3 is 2.87 bits per heavy atom. The number of benzene rings is 1. The van der Waals surface area contributed by atoms with Crippen LogP contribution in [0.1, 0.15) is 18.9 Å². The zero-order valence-corrected chi connectivity index (χ0v) is 10.2. The summed E-state index contributed by atoms with van der Waals surface area (Å²) in [4.78, 5) is 0. The third kappa shape index (κ3) is 3.90. The Bertz CT molecular complexity index is 371. The SMILES string of the molecule is CCC(N)CNc1cc(Br)cc(C#N)c1. The Labute approximate surface area is 98.4 Å². The average Bonchev–Trinajstić information content (AvgIpc) is 2.25. The molecule has 0 heterocycles. The Morgan fingerprint density at radius 2 is 2.27 bits per heavy atom. The first-order valence-electron chi connectivity index (χ1n) is 4.86. The molecule has 0 saturated heterocycles. The van der Waals surface area contributed by atoms with E-state index in [0.717, 1.165) is 23.1 Å². The molecular formula is C11H14BrN3. The van der Waals surface area contributed by atoms with E-state index in [9.17, 15) is 0 Å². The number of halogens is 1. The third-order valence-electron chi connectivity index (χ3n) is 2.12. The summed E-state index contributed by atoms with van der Waals surface area (Å²) in [6, 6.07) is 7.79. The van der Waals surface area contributed by atoms with E-state index >= 15 is 0 Å². The first-order chi connectivity index (χ1) is 7.15. The summed E-state index contributed by atoms with van der Waals surface area (Å²) in [7, 11) is 0. The van der Waals surface area contributed by atoms with Crippen LogP contribution in [0.25, 0.3) is 0 Å². The summed E-state index contributed by atoms with van der Waals surface area (Å²) in [6.07, 6.45) is 0.937. The zero-order valence-electron chi connectivity index (χ0n) is 8.63. The van der Waals surface area contributed by atoms with E-state index in [1.807, 2.05) is 19.1 Å². The molecule has 0 aliphatic rings. The molecule has 0 radical (unpaired) electrons. The van der Waals surface area contributed by atoms with Gasteiger partial charge in [0.15, 0.2) is 0 Å². The van der Waals surface area contributed by atoms with E-state index in [1.54, 1.807) is 6.07 Å². The normalized spacial score (nSPS) is 11.9. The lowest BCUT2D eigenvalue weighted by Gasteiger charge is -2.11. The number of hydrogen-bond acceptors (Lipinski definition) is 3. The van der Waals surface area contributed by atoms with Gasteiger partial charge in [-0.2, -0.15) is 5.26 Å². The zero-order chi connectivity index (χ0) is 11.3. The van der Waals surface area contributed by atoms with Crippen LogP contribution < -0.4 is 11.1 Å². The van der Waals surface area contributed by atoms with Crippen LogP contribution >= 0.6 is 15.9 Å². The molecule has 0 aliphatic heterocycles. The Morgan fingerprint density at radius 1 is 1.53 bits per heavy atom. The minimum Gasteiger partial charge on any atom is -0.383 e. The van der Waals surface area contributed by atoms with Crippen molar-refractivity contribution in [2.45, 2.75) is 19.4 Å². The van der Waals surface area contributed by atoms with E-state index in [0.29, 0.717) is 5.56 Å². The summed E-state index contributed by atoms with van der Waals surface area (Å²) < 4.78 is 0.897. The van der Waals surface area contributed by atoms with Crippen LogP contribution in [-0.4, -0.2) is 12.6 Å². The molecule has 1 rings (SSSR count). The number of anilines is 1. The molecule has 3 nitrogen and oxygen atoms in total. The largest absolute Gasteiger partial charge is 0.383 e. The highest BCUT2D eigenvalue weighted by atomic mass is 79.9. The van der Waals surface area contributed by atoms with E-state index in [1.165, 1.54) is 0 Å². The molecule has 0 aliphatic carbocycles. The van der Waals surface area contributed by atoms with E-state index in [4.69, 9.17) is 11.0 Å². The standard InChI is InChI=1S/C11H14BrN3/c1-2-10(14)7-15-11-4-8(6-13)3-9(12)5-11/h3-5,10,15H,2,7,14H2,1H3. The van der Waals surface area contributed by atoms with Gasteiger partial charge >= 0.3 is 0 Å². The van der Waals surface area contributed by atoms with Crippen molar-refractivity contribution >= 4 is 21.6 Å². The third-order valence-corrected chi connectivity index (χ3v) is 2.58. The van der Waals surface area contributed by atoms with Crippen molar-refractivity contribution in [3.05, 3.63) is 28.2 Å². The molecule has 4 heteroatoms. The quantitative estimate of drug-likeness (QED) is 0.881. The van der Waals surface area contributed by atoms with E-state index in [2.05, 4.69) is 27.3 Å². The molecule has 1 unspecified atom stereocenters. The van der Waals surface area contributed by atoms with Gasteiger partial charge in [-0.15, -0.1) is 0 Å². The maximum Gasteiger partial charge on any atom is 0.0992 e. The molecule has 0 aromatic heterocycles. The highest BCUT2D eigenvalue weighted by Gasteiger charge is 2.01. The van der Waals surface area contributed by atoms with Crippen molar-refractivity contribution in [3.63, 3.8) is 0 Å². The van der Waals surface area contributed by atoms with Crippen molar-refractivity contribution in [3.8, 4) is 6.07 Å². The number of nitrogens with zero attached hydrogens (tertiary/aromatic N) is 1. The van der Waals surface area contributed by atoms with E-state index in [-0.39, 0.29) is 6.04 Å². The molecule has 15 heavy (non-hydrogen) atoms. The van der Waals surface area contributed by atoms with Crippen LogP contribution in [0.15, 0.2) is 22.7 Å². The molecule has 1 aromatic carbocycles. The number of nitrogens with two attached hydrogens (primary N) is 1. The Hall–Kier alpha value is -1.05. The molecule has 0 fully saturated rings. The fraction of sp³-hybridized carbons (Fsp3) is 0.364. The average molecular weight is 268 g/mol. The monoisotopic (exact) mass is 267 g/mol. The summed E-state index contributed by atoms with van der Waals surface area (Å²) >= 11 is 3.36. The lowest BCUT2D eigenvalue weighted by molar-refractivity contribution is 0.679. The predicted molar refractivity (Wildman–Crippen MR) is 65.6 cm³/mol. The Balaban J connectivity index is 2.69. The van der Waals surface area contributed by atoms with Crippen LogP contribution in [0.4, 0.5) is 5.69 Å². The van der Waals surface area contributed by atoms with Gasteiger partial charge in [-0.1, -0.05) is 22.9 Å². The number of nitrogens with one attached hydrogen (secondary N) is 1. The molecule has 3 N–H and O–H groups in total. The first-order valence-corrected chi connectivity index (χ1v) is 5.65. The molecular weight excluding hydrogens is 254 g/mol. The molecule has 1 aromatic rings. The molecule has 0 bridgehead atoms. The molecule has 0 spiro atoms. The van der Waals surface area contributed by atoms with Crippen LogP contribution in [0.2, 0.25) is 0 Å². The van der Waals surface area contributed by atoms with Gasteiger partial charge in [-0.3, -0.25) is 0 Å². The second kappa shape index (κ2) is 5.74. The van der Waals surface area contributed by atoms with Crippen molar-refractivity contribution < 1.29 is 0 Å². The predicted octanol–water partition coefficient (Wildman–Crippen LogP) is 2.47. The van der Waals surface area contributed by atoms with Gasteiger partial charge < -0.3 is 11.1 Å². The van der Waals surface area contributed by atoms with Crippen LogP contribution in [0.5, 0.6) is 0 Å². The van der Waals surface area contributed by atoms with Gasteiger partial charge in [0, 0.05) is 22.7 Å². The fourth-order valence-electron chi connectivity index (χ4n) is 1.15. The lowest BCUT2D eigenvalue weighted by atomic mass is 10.2. The minimum absolute atomic E-state index is 0.148. The van der Waals surface area contributed by atoms with Gasteiger partial charge in [0.25, 0.3) is 0 Å². The second-order valence-corrected chi connectivity index (χ2v) is 4.31. The minimum atomic E-state index is 0.148. The molecule has 0 saturated carbocycles. The van der Waals surface area contributed by atoms with Gasteiger partial charge in [-0.25, -0.2) is 0 Å². The van der Waals surface area contributed by atoms with Gasteiger partial charge in [0.1, 0.15) is 0 Å². The summed E-state index contributed by atoms with van der Waals surface area (Å²) in [5.41, 5.74) is 7.35. The number of hydrogen-bond donors (Lipinski definition) is 2. The van der Waals surface area contributed by atoms with Crippen molar-refractivity contribution in [2.24, 2.45) is 5.73 Å². The Kier molecular flexibility index (Phi) is 4.60. The van der Waals surface area contributed by atoms with Crippen molar-refractivity contribution in [1.29, 1.82) is 5.26 Å². The van der Waals surface area contributed by atoms with Crippen molar-refractivity contribution in [2.75, 3.05) is 11.9 Å². The maximum absolute atomic E-state index is 8.79. The molecule has 1 atom stereocenters. The molecule has 0 amide bonds. The van der Waals surface area contributed by atoms with Crippen LogP contribution in [-0.2, 0) is 0 Å². The van der Waals surface area contributed by atoms with Crippen molar-refractivity contribution in [1.82, 2.24) is 0 Å². The van der Waals surface area contributed by atoms with E-state index < -0.39 is 0 Å².